The standard InChI is InChI=1S/C19H37NO3/c1-4-7-9-10-13-18(21)17-20(14-11-8-5-2)15-16-23-19(22)12-6-3/h6,12,18,21H,4-5,7-11,13-17H2,1-3H3/b12-6+. The minimum Gasteiger partial charge on any atom is -0.461 e. The number of hydrogen-bond donors (Lipinski definition) is 1. The molecule has 0 amide bonds. The van der Waals surface area contributed by atoms with E-state index in [1.54, 1.807) is 13.0 Å². The van der Waals surface area contributed by atoms with E-state index in [1.807, 2.05) is 0 Å². The third-order valence-electron chi connectivity index (χ3n) is 3.89. The predicted octanol–water partition coefficient (Wildman–Crippen LogP) is 3.93. The number of carbonyl (C=O) groups excluding carboxylic acids is 1. The predicted molar refractivity (Wildman–Crippen MR) is 96.5 cm³/mol. The molecule has 136 valence electrons. The lowest BCUT2D eigenvalue weighted by molar-refractivity contribution is -0.138. The fraction of sp³-hybridized carbons (Fsp3) is 0.842. The summed E-state index contributed by atoms with van der Waals surface area (Å²) in [6.45, 7) is 8.90. The molecule has 0 bridgehead atoms. The highest BCUT2D eigenvalue weighted by molar-refractivity contribution is 5.81. The third kappa shape index (κ3) is 14.5. The highest BCUT2D eigenvalue weighted by Gasteiger charge is 2.12. The average Bonchev–Trinajstić information content (AvgIpc) is 2.52. The van der Waals surface area contributed by atoms with Crippen molar-refractivity contribution in [1.82, 2.24) is 4.90 Å². The van der Waals surface area contributed by atoms with Crippen LogP contribution in [0.4, 0.5) is 0 Å². The Morgan fingerprint density at radius 1 is 1.09 bits per heavy atom. The van der Waals surface area contributed by atoms with Crippen LogP contribution in [0.3, 0.4) is 0 Å². The second-order valence-electron chi connectivity index (χ2n) is 6.18. The molecule has 0 spiro atoms. The molecule has 1 atom stereocenters. The number of unbranched alkanes of at least 4 members (excludes halogenated alkanes) is 5. The highest BCUT2D eigenvalue weighted by atomic mass is 16.5. The van der Waals surface area contributed by atoms with Crippen molar-refractivity contribution in [3.8, 4) is 0 Å². The summed E-state index contributed by atoms with van der Waals surface area (Å²) in [6, 6.07) is 0. The van der Waals surface area contributed by atoms with Gasteiger partial charge in [-0.15, -0.1) is 0 Å². The van der Waals surface area contributed by atoms with Crippen molar-refractivity contribution in [2.24, 2.45) is 0 Å². The van der Waals surface area contributed by atoms with Gasteiger partial charge in [-0.3, -0.25) is 4.90 Å². The zero-order valence-electron chi connectivity index (χ0n) is 15.4. The molecule has 0 fully saturated rings. The maximum absolute atomic E-state index is 11.3. The normalized spacial score (nSPS) is 12.9. The molecule has 0 aliphatic heterocycles. The van der Waals surface area contributed by atoms with Crippen LogP contribution in [0.5, 0.6) is 0 Å². The molecule has 23 heavy (non-hydrogen) atoms. The van der Waals surface area contributed by atoms with E-state index >= 15 is 0 Å². The van der Waals surface area contributed by atoms with Gasteiger partial charge in [0.2, 0.25) is 0 Å². The van der Waals surface area contributed by atoms with Gasteiger partial charge in [0, 0.05) is 19.2 Å². The Labute approximate surface area is 142 Å². The Kier molecular flexibility index (Phi) is 15.4. The summed E-state index contributed by atoms with van der Waals surface area (Å²) in [7, 11) is 0. The van der Waals surface area contributed by atoms with Gasteiger partial charge < -0.3 is 9.84 Å². The number of esters is 1. The summed E-state index contributed by atoms with van der Waals surface area (Å²) >= 11 is 0. The van der Waals surface area contributed by atoms with Crippen LogP contribution in [0, 0.1) is 0 Å². The lowest BCUT2D eigenvalue weighted by Gasteiger charge is -2.25. The van der Waals surface area contributed by atoms with Crippen molar-refractivity contribution < 1.29 is 14.6 Å². The van der Waals surface area contributed by atoms with E-state index in [2.05, 4.69) is 18.7 Å². The van der Waals surface area contributed by atoms with Gasteiger partial charge in [-0.25, -0.2) is 4.79 Å². The second kappa shape index (κ2) is 16.0. The molecule has 0 heterocycles. The Balaban J connectivity index is 4.08. The Bertz CT molecular complexity index is 305. The second-order valence-corrected chi connectivity index (χ2v) is 6.18. The van der Waals surface area contributed by atoms with Crippen molar-refractivity contribution in [2.75, 3.05) is 26.2 Å². The van der Waals surface area contributed by atoms with Gasteiger partial charge >= 0.3 is 5.97 Å². The summed E-state index contributed by atoms with van der Waals surface area (Å²) in [5.74, 6) is -0.291. The number of aliphatic hydroxyl groups is 1. The Hall–Kier alpha value is -0.870. The lowest BCUT2D eigenvalue weighted by Crippen LogP contribution is -2.36. The van der Waals surface area contributed by atoms with E-state index in [4.69, 9.17) is 4.74 Å². The summed E-state index contributed by atoms with van der Waals surface area (Å²) < 4.78 is 5.16. The summed E-state index contributed by atoms with van der Waals surface area (Å²) in [4.78, 5) is 13.6. The molecular weight excluding hydrogens is 290 g/mol. The van der Waals surface area contributed by atoms with Crippen LogP contribution in [-0.2, 0) is 9.53 Å². The first-order chi connectivity index (χ1) is 11.1. The fourth-order valence-corrected chi connectivity index (χ4v) is 2.54. The molecule has 0 rings (SSSR count). The number of allylic oxidation sites excluding steroid dienone is 1. The summed E-state index contributed by atoms with van der Waals surface area (Å²) in [5, 5.41) is 10.2. The first-order valence-corrected chi connectivity index (χ1v) is 9.33. The third-order valence-corrected chi connectivity index (χ3v) is 3.89. The van der Waals surface area contributed by atoms with Crippen LogP contribution < -0.4 is 0 Å². The largest absolute Gasteiger partial charge is 0.461 e. The molecule has 1 unspecified atom stereocenters. The highest BCUT2D eigenvalue weighted by Crippen LogP contribution is 2.08. The van der Waals surface area contributed by atoms with E-state index in [0.717, 1.165) is 25.8 Å². The number of hydrogen-bond acceptors (Lipinski definition) is 4. The number of aliphatic hydroxyl groups excluding tert-OH is 1. The number of carbonyl (C=O) groups is 1. The summed E-state index contributed by atoms with van der Waals surface area (Å²) in [5.41, 5.74) is 0. The maximum Gasteiger partial charge on any atom is 0.330 e. The maximum atomic E-state index is 11.3. The van der Waals surface area contributed by atoms with Gasteiger partial charge in [0.1, 0.15) is 6.61 Å². The van der Waals surface area contributed by atoms with Gasteiger partial charge in [-0.1, -0.05) is 58.4 Å². The van der Waals surface area contributed by atoms with Gasteiger partial charge in [-0.05, 0) is 26.3 Å². The average molecular weight is 328 g/mol. The van der Waals surface area contributed by atoms with Crippen LogP contribution in [-0.4, -0.2) is 48.3 Å². The van der Waals surface area contributed by atoms with E-state index in [0.29, 0.717) is 19.7 Å². The topological polar surface area (TPSA) is 49.8 Å². The number of ether oxygens (including phenoxy) is 1. The summed E-state index contributed by atoms with van der Waals surface area (Å²) in [6.07, 6.45) is 12.0. The molecule has 0 aromatic carbocycles. The monoisotopic (exact) mass is 327 g/mol. The van der Waals surface area contributed by atoms with Gasteiger partial charge in [0.15, 0.2) is 0 Å². The van der Waals surface area contributed by atoms with Crippen molar-refractivity contribution >= 4 is 5.97 Å². The van der Waals surface area contributed by atoms with Crippen LogP contribution in [0.15, 0.2) is 12.2 Å². The Morgan fingerprint density at radius 2 is 1.78 bits per heavy atom. The molecular formula is C19H37NO3. The van der Waals surface area contributed by atoms with Crippen molar-refractivity contribution in [3.05, 3.63) is 12.2 Å². The zero-order chi connectivity index (χ0) is 17.3. The van der Waals surface area contributed by atoms with Crippen LogP contribution >= 0.6 is 0 Å². The minimum atomic E-state index is -0.291. The van der Waals surface area contributed by atoms with Crippen molar-refractivity contribution in [2.45, 2.75) is 78.2 Å². The quantitative estimate of drug-likeness (QED) is 0.281. The first kappa shape index (κ1) is 22.1. The van der Waals surface area contributed by atoms with E-state index in [1.165, 1.54) is 38.2 Å². The Morgan fingerprint density at radius 3 is 2.43 bits per heavy atom. The molecule has 0 radical (unpaired) electrons. The number of nitrogens with zero attached hydrogens (tertiary/aromatic N) is 1. The van der Waals surface area contributed by atoms with Crippen LogP contribution in [0.1, 0.15) is 72.1 Å². The van der Waals surface area contributed by atoms with Crippen LogP contribution in [0.2, 0.25) is 0 Å². The molecule has 1 N–H and O–H groups in total. The van der Waals surface area contributed by atoms with Gasteiger partial charge in [0.05, 0.1) is 6.10 Å². The fourth-order valence-electron chi connectivity index (χ4n) is 2.54. The molecule has 0 aliphatic carbocycles. The first-order valence-electron chi connectivity index (χ1n) is 9.33. The van der Waals surface area contributed by atoms with Gasteiger partial charge in [0.25, 0.3) is 0 Å². The molecule has 0 saturated heterocycles. The molecule has 0 aromatic rings. The molecule has 0 aromatic heterocycles. The molecule has 0 aliphatic rings. The molecule has 0 saturated carbocycles. The van der Waals surface area contributed by atoms with E-state index in [9.17, 15) is 9.90 Å². The van der Waals surface area contributed by atoms with Crippen LogP contribution in [0.25, 0.3) is 0 Å². The smallest absolute Gasteiger partial charge is 0.330 e. The van der Waals surface area contributed by atoms with E-state index in [-0.39, 0.29) is 12.1 Å². The number of rotatable bonds is 15. The van der Waals surface area contributed by atoms with Gasteiger partial charge in [-0.2, -0.15) is 0 Å². The minimum absolute atomic E-state index is 0.278. The molecule has 4 heteroatoms. The lowest BCUT2D eigenvalue weighted by atomic mass is 10.1. The van der Waals surface area contributed by atoms with E-state index < -0.39 is 0 Å². The SMILES string of the molecule is C/C=C/C(=O)OCCN(CCCCC)CC(O)CCCCCC. The van der Waals surface area contributed by atoms with Crippen molar-refractivity contribution in [1.29, 1.82) is 0 Å². The van der Waals surface area contributed by atoms with Crippen molar-refractivity contribution in [3.63, 3.8) is 0 Å². The molecule has 4 nitrogen and oxygen atoms in total. The zero-order valence-corrected chi connectivity index (χ0v) is 15.4.